The number of aromatic nitrogens is 1. The number of hydrogen-bond acceptors (Lipinski definition) is 4. The quantitative estimate of drug-likeness (QED) is 0.878. The number of rotatable bonds is 2. The monoisotopic (exact) mass is 257 g/mol. The van der Waals surface area contributed by atoms with Crippen LogP contribution in [0.15, 0.2) is 6.20 Å². The molecule has 0 saturated carbocycles. The molecule has 2 atom stereocenters. The van der Waals surface area contributed by atoms with Crippen LogP contribution in [0.25, 0.3) is 0 Å². The van der Waals surface area contributed by atoms with E-state index in [0.717, 1.165) is 34.4 Å². The summed E-state index contributed by atoms with van der Waals surface area (Å²) in [6.45, 7) is 4.52. The first-order valence-electron chi connectivity index (χ1n) is 5.88. The maximum absolute atomic E-state index is 5.91. The molecule has 2 unspecified atom stereocenters. The topological polar surface area (TPSA) is 28.2 Å². The van der Waals surface area contributed by atoms with Crippen LogP contribution in [0, 0.1) is 5.92 Å². The van der Waals surface area contributed by atoms with Crippen molar-refractivity contribution in [3.63, 3.8) is 0 Å². The Kier molecular flexibility index (Phi) is 3.16. The maximum atomic E-state index is 5.91. The first-order valence-corrected chi connectivity index (χ1v) is 7.07. The van der Waals surface area contributed by atoms with Gasteiger partial charge in [-0.25, -0.2) is 4.98 Å². The van der Waals surface area contributed by atoms with E-state index in [0.29, 0.717) is 0 Å². The van der Waals surface area contributed by atoms with E-state index in [1.165, 1.54) is 25.9 Å². The van der Waals surface area contributed by atoms with Crippen molar-refractivity contribution >= 4 is 22.9 Å². The number of piperidine rings is 1. The van der Waals surface area contributed by atoms with Crippen molar-refractivity contribution in [2.75, 3.05) is 19.6 Å². The normalized spacial score (nSPS) is 30.6. The molecule has 2 aliphatic heterocycles. The SMILES string of the molecule is Clc1cnc(CN2CCCC3CNCC32)s1. The van der Waals surface area contributed by atoms with Gasteiger partial charge >= 0.3 is 0 Å². The molecule has 2 fully saturated rings. The van der Waals surface area contributed by atoms with E-state index in [9.17, 15) is 0 Å². The lowest BCUT2D eigenvalue weighted by Crippen LogP contribution is -2.44. The van der Waals surface area contributed by atoms with Crippen LogP contribution in [0.5, 0.6) is 0 Å². The highest BCUT2D eigenvalue weighted by atomic mass is 35.5. The Labute approximate surface area is 105 Å². The largest absolute Gasteiger partial charge is 0.315 e. The van der Waals surface area contributed by atoms with Gasteiger partial charge in [0, 0.05) is 12.6 Å². The van der Waals surface area contributed by atoms with Crippen molar-refractivity contribution in [1.29, 1.82) is 0 Å². The fourth-order valence-corrected chi connectivity index (χ4v) is 3.88. The third-order valence-electron chi connectivity index (χ3n) is 3.66. The molecule has 16 heavy (non-hydrogen) atoms. The smallest absolute Gasteiger partial charge is 0.113 e. The zero-order chi connectivity index (χ0) is 11.0. The second-order valence-electron chi connectivity index (χ2n) is 4.66. The van der Waals surface area contributed by atoms with Gasteiger partial charge in [0.1, 0.15) is 9.34 Å². The van der Waals surface area contributed by atoms with Crippen molar-refractivity contribution in [3.05, 3.63) is 15.5 Å². The van der Waals surface area contributed by atoms with Gasteiger partial charge in [0.05, 0.1) is 12.7 Å². The van der Waals surface area contributed by atoms with Gasteiger partial charge in [0.2, 0.25) is 0 Å². The molecule has 0 bridgehead atoms. The minimum Gasteiger partial charge on any atom is -0.315 e. The van der Waals surface area contributed by atoms with Crippen LogP contribution in [0.1, 0.15) is 17.8 Å². The van der Waals surface area contributed by atoms with Gasteiger partial charge in [0.15, 0.2) is 0 Å². The predicted molar refractivity (Wildman–Crippen MR) is 66.9 cm³/mol. The second-order valence-corrected chi connectivity index (χ2v) is 6.40. The van der Waals surface area contributed by atoms with Crippen LogP contribution >= 0.6 is 22.9 Å². The zero-order valence-electron chi connectivity index (χ0n) is 9.16. The highest BCUT2D eigenvalue weighted by molar-refractivity contribution is 7.15. The van der Waals surface area contributed by atoms with Crippen molar-refractivity contribution in [2.24, 2.45) is 5.92 Å². The maximum Gasteiger partial charge on any atom is 0.113 e. The number of thiazole rings is 1. The third kappa shape index (κ3) is 2.12. The summed E-state index contributed by atoms with van der Waals surface area (Å²) in [6.07, 6.45) is 4.46. The molecule has 0 aliphatic carbocycles. The van der Waals surface area contributed by atoms with Gasteiger partial charge in [-0.15, -0.1) is 11.3 Å². The van der Waals surface area contributed by atoms with Gasteiger partial charge in [-0.2, -0.15) is 0 Å². The van der Waals surface area contributed by atoms with Gasteiger partial charge in [-0.05, 0) is 31.8 Å². The van der Waals surface area contributed by atoms with Gasteiger partial charge in [0.25, 0.3) is 0 Å². The Morgan fingerprint density at radius 3 is 3.31 bits per heavy atom. The van der Waals surface area contributed by atoms with Crippen molar-refractivity contribution in [3.8, 4) is 0 Å². The first-order chi connectivity index (χ1) is 7.83. The van der Waals surface area contributed by atoms with E-state index in [1.807, 2.05) is 0 Å². The van der Waals surface area contributed by atoms with E-state index in [-0.39, 0.29) is 0 Å². The van der Waals surface area contributed by atoms with Crippen LogP contribution < -0.4 is 5.32 Å². The molecule has 0 aromatic carbocycles. The molecule has 2 aliphatic rings. The Hall–Kier alpha value is -0.160. The average Bonchev–Trinajstić information content (AvgIpc) is 2.87. The molecular formula is C11H16ClN3S. The number of nitrogens with one attached hydrogen (secondary N) is 1. The summed E-state index contributed by atoms with van der Waals surface area (Å²) < 4.78 is 0.799. The van der Waals surface area contributed by atoms with Crippen molar-refractivity contribution in [2.45, 2.75) is 25.4 Å². The third-order valence-corrected chi connectivity index (χ3v) is 4.76. The molecule has 1 aromatic heterocycles. The number of likely N-dealkylation sites (tertiary alicyclic amines) is 1. The van der Waals surface area contributed by atoms with E-state index in [2.05, 4.69) is 15.2 Å². The molecular weight excluding hydrogens is 242 g/mol. The number of fused-ring (bicyclic) bond motifs is 1. The van der Waals surface area contributed by atoms with Gasteiger partial charge < -0.3 is 5.32 Å². The molecule has 3 nitrogen and oxygen atoms in total. The molecule has 5 heteroatoms. The van der Waals surface area contributed by atoms with Crippen molar-refractivity contribution < 1.29 is 0 Å². The summed E-state index contributed by atoms with van der Waals surface area (Å²) >= 11 is 7.52. The number of hydrogen-bond donors (Lipinski definition) is 1. The summed E-state index contributed by atoms with van der Waals surface area (Å²) in [5.41, 5.74) is 0. The lowest BCUT2D eigenvalue weighted by Gasteiger charge is -2.36. The summed E-state index contributed by atoms with van der Waals surface area (Å²) in [7, 11) is 0. The van der Waals surface area contributed by atoms with Gasteiger partial charge in [-0.3, -0.25) is 4.90 Å². The molecule has 3 rings (SSSR count). The minimum absolute atomic E-state index is 0.719. The first kappa shape index (κ1) is 11.0. The van der Waals surface area contributed by atoms with Crippen LogP contribution in [-0.4, -0.2) is 35.6 Å². The minimum atomic E-state index is 0.719. The highest BCUT2D eigenvalue weighted by Gasteiger charge is 2.34. The molecule has 0 amide bonds. The summed E-state index contributed by atoms with van der Waals surface area (Å²) in [6, 6.07) is 0.719. The Morgan fingerprint density at radius 2 is 2.50 bits per heavy atom. The number of halogens is 1. The molecule has 0 spiro atoms. The molecule has 3 heterocycles. The fourth-order valence-electron chi connectivity index (χ4n) is 2.89. The fraction of sp³-hybridized carbons (Fsp3) is 0.727. The Balaban J connectivity index is 1.69. The van der Waals surface area contributed by atoms with Gasteiger partial charge in [-0.1, -0.05) is 11.6 Å². The highest BCUT2D eigenvalue weighted by Crippen LogP contribution is 2.29. The van der Waals surface area contributed by atoms with Crippen LogP contribution in [-0.2, 0) is 6.54 Å². The van der Waals surface area contributed by atoms with E-state index < -0.39 is 0 Å². The van der Waals surface area contributed by atoms with Crippen LogP contribution in [0.4, 0.5) is 0 Å². The second kappa shape index (κ2) is 4.61. The summed E-state index contributed by atoms with van der Waals surface area (Å²) in [5, 5.41) is 4.65. The van der Waals surface area contributed by atoms with E-state index in [4.69, 9.17) is 11.6 Å². The standard InChI is InChI=1S/C11H16ClN3S/c12-10-6-14-11(16-10)7-15-3-1-2-8-4-13-5-9(8)15/h6,8-9,13H,1-5,7H2. The van der Waals surface area contributed by atoms with E-state index in [1.54, 1.807) is 17.5 Å². The molecule has 88 valence electrons. The van der Waals surface area contributed by atoms with E-state index >= 15 is 0 Å². The molecule has 1 N–H and O–H groups in total. The van der Waals surface area contributed by atoms with Crippen LogP contribution in [0.3, 0.4) is 0 Å². The average molecular weight is 258 g/mol. The lowest BCUT2D eigenvalue weighted by atomic mass is 9.92. The van der Waals surface area contributed by atoms with Crippen molar-refractivity contribution in [1.82, 2.24) is 15.2 Å². The predicted octanol–water partition coefficient (Wildman–Crippen LogP) is 1.98. The molecule has 1 aromatic rings. The Morgan fingerprint density at radius 1 is 1.56 bits per heavy atom. The zero-order valence-corrected chi connectivity index (χ0v) is 10.7. The summed E-state index contributed by atoms with van der Waals surface area (Å²) in [5.74, 6) is 0.851. The molecule has 0 radical (unpaired) electrons. The lowest BCUT2D eigenvalue weighted by molar-refractivity contribution is 0.117. The summed E-state index contributed by atoms with van der Waals surface area (Å²) in [4.78, 5) is 6.92. The van der Waals surface area contributed by atoms with Crippen LogP contribution in [0.2, 0.25) is 4.34 Å². The Bertz CT molecular complexity index is 368. The molecule has 2 saturated heterocycles. The number of nitrogens with zero attached hydrogens (tertiary/aromatic N) is 2.